The molecule has 2 nitrogen and oxygen atoms in total. The van der Waals surface area contributed by atoms with Crippen molar-refractivity contribution in [2.75, 3.05) is 0 Å². The maximum absolute atomic E-state index is 5.50. The van der Waals surface area contributed by atoms with E-state index in [0.29, 0.717) is 6.04 Å². The molecule has 1 aliphatic carbocycles. The van der Waals surface area contributed by atoms with Gasteiger partial charge in [-0.25, -0.2) is 0 Å². The van der Waals surface area contributed by atoms with Crippen LogP contribution in [0.3, 0.4) is 0 Å². The largest absolute Gasteiger partial charge is 0.271 e. The van der Waals surface area contributed by atoms with E-state index in [1.807, 2.05) is 0 Å². The number of rotatable bonds is 6. The molecule has 0 aromatic rings. The maximum atomic E-state index is 5.50. The molecule has 2 atom stereocenters. The summed E-state index contributed by atoms with van der Waals surface area (Å²) in [6.45, 7) is 4.55. The Kier molecular flexibility index (Phi) is 4.02. The summed E-state index contributed by atoms with van der Waals surface area (Å²) in [5.74, 6) is 7.29. The number of nitrogens with two attached hydrogens (primary N) is 1. The number of hydrogen-bond acceptors (Lipinski definition) is 2. The van der Waals surface area contributed by atoms with Gasteiger partial charge in [-0.2, -0.15) is 0 Å². The van der Waals surface area contributed by atoms with Crippen LogP contribution in [0.15, 0.2) is 0 Å². The van der Waals surface area contributed by atoms with Crippen molar-refractivity contribution in [3.8, 4) is 0 Å². The fraction of sp³-hybridized carbons (Fsp3) is 1.00. The molecular weight excluding hydrogens is 148 g/mol. The third kappa shape index (κ3) is 3.55. The van der Waals surface area contributed by atoms with Gasteiger partial charge in [0, 0.05) is 6.04 Å². The van der Waals surface area contributed by atoms with Crippen LogP contribution in [0.25, 0.3) is 0 Å². The maximum Gasteiger partial charge on any atom is 0.0215 e. The van der Waals surface area contributed by atoms with E-state index in [9.17, 15) is 0 Å². The van der Waals surface area contributed by atoms with Crippen LogP contribution in [0, 0.1) is 11.8 Å². The van der Waals surface area contributed by atoms with Gasteiger partial charge in [0.15, 0.2) is 0 Å². The fourth-order valence-corrected chi connectivity index (χ4v) is 1.64. The third-order valence-corrected chi connectivity index (χ3v) is 2.93. The summed E-state index contributed by atoms with van der Waals surface area (Å²) in [4.78, 5) is 0. The predicted octanol–water partition coefficient (Wildman–Crippen LogP) is 2.05. The molecule has 0 heterocycles. The number of nitrogens with one attached hydrogen (secondary N) is 1. The van der Waals surface area contributed by atoms with Crippen LogP contribution in [0.5, 0.6) is 0 Å². The smallest absolute Gasteiger partial charge is 0.0215 e. The van der Waals surface area contributed by atoms with Gasteiger partial charge in [0.2, 0.25) is 0 Å². The molecule has 1 saturated carbocycles. The highest BCUT2D eigenvalue weighted by atomic mass is 15.2. The van der Waals surface area contributed by atoms with Crippen LogP contribution < -0.4 is 11.3 Å². The van der Waals surface area contributed by atoms with Gasteiger partial charge < -0.3 is 0 Å². The Morgan fingerprint density at radius 1 is 1.50 bits per heavy atom. The molecule has 1 fully saturated rings. The summed E-state index contributed by atoms with van der Waals surface area (Å²) in [6, 6.07) is 0.562. The SMILES string of the molecule is CCC(C)CC(CC1CC1)NN. The zero-order valence-electron chi connectivity index (χ0n) is 8.34. The highest BCUT2D eigenvalue weighted by Gasteiger charge is 2.25. The molecule has 2 unspecified atom stereocenters. The lowest BCUT2D eigenvalue weighted by Gasteiger charge is -2.18. The summed E-state index contributed by atoms with van der Waals surface area (Å²) in [5, 5.41) is 0. The van der Waals surface area contributed by atoms with Crippen LogP contribution in [0.2, 0.25) is 0 Å². The van der Waals surface area contributed by atoms with E-state index in [4.69, 9.17) is 5.84 Å². The van der Waals surface area contributed by atoms with Gasteiger partial charge >= 0.3 is 0 Å². The van der Waals surface area contributed by atoms with Gasteiger partial charge in [-0.05, 0) is 24.7 Å². The Morgan fingerprint density at radius 3 is 2.58 bits per heavy atom. The molecule has 0 saturated heterocycles. The molecule has 0 aromatic carbocycles. The molecule has 1 rings (SSSR count). The minimum atomic E-state index is 0.562. The lowest BCUT2D eigenvalue weighted by atomic mass is 9.96. The summed E-state index contributed by atoms with van der Waals surface area (Å²) < 4.78 is 0. The molecule has 3 N–H and O–H groups in total. The third-order valence-electron chi connectivity index (χ3n) is 2.93. The Balaban J connectivity index is 2.14. The molecule has 2 heteroatoms. The minimum Gasteiger partial charge on any atom is -0.271 e. The predicted molar refractivity (Wildman–Crippen MR) is 52.5 cm³/mol. The van der Waals surface area contributed by atoms with Crippen molar-refractivity contribution >= 4 is 0 Å². The second kappa shape index (κ2) is 4.83. The van der Waals surface area contributed by atoms with Crippen molar-refractivity contribution in [3.63, 3.8) is 0 Å². The van der Waals surface area contributed by atoms with Crippen molar-refractivity contribution in [2.24, 2.45) is 17.7 Å². The van der Waals surface area contributed by atoms with Crippen LogP contribution >= 0.6 is 0 Å². The second-order valence-electron chi connectivity index (χ2n) is 4.29. The van der Waals surface area contributed by atoms with Crippen molar-refractivity contribution < 1.29 is 0 Å². The average Bonchev–Trinajstić information content (AvgIpc) is 2.86. The highest BCUT2D eigenvalue weighted by molar-refractivity contribution is 4.79. The molecule has 0 aromatic heterocycles. The monoisotopic (exact) mass is 170 g/mol. The standard InChI is InChI=1S/C10H22N2/c1-3-8(2)6-10(12-11)7-9-4-5-9/h8-10,12H,3-7,11H2,1-2H3. The summed E-state index contributed by atoms with van der Waals surface area (Å²) in [7, 11) is 0. The minimum absolute atomic E-state index is 0.562. The van der Waals surface area contributed by atoms with E-state index < -0.39 is 0 Å². The lowest BCUT2D eigenvalue weighted by Crippen LogP contribution is -2.36. The van der Waals surface area contributed by atoms with Gasteiger partial charge in [-0.3, -0.25) is 11.3 Å². The highest BCUT2D eigenvalue weighted by Crippen LogP contribution is 2.34. The van der Waals surface area contributed by atoms with Gasteiger partial charge in [-0.15, -0.1) is 0 Å². The van der Waals surface area contributed by atoms with E-state index in [1.165, 1.54) is 32.1 Å². The number of hydrogen-bond donors (Lipinski definition) is 2. The summed E-state index contributed by atoms with van der Waals surface area (Å²) in [5.41, 5.74) is 2.94. The zero-order valence-corrected chi connectivity index (χ0v) is 8.34. The average molecular weight is 170 g/mol. The van der Waals surface area contributed by atoms with Crippen molar-refractivity contribution in [1.29, 1.82) is 0 Å². The molecule has 0 bridgehead atoms. The lowest BCUT2D eigenvalue weighted by molar-refractivity contribution is 0.369. The summed E-state index contributed by atoms with van der Waals surface area (Å²) in [6.07, 6.45) is 6.66. The molecule has 0 radical (unpaired) electrons. The van der Waals surface area contributed by atoms with Crippen LogP contribution in [-0.2, 0) is 0 Å². The van der Waals surface area contributed by atoms with Gasteiger partial charge in [0.05, 0.1) is 0 Å². The van der Waals surface area contributed by atoms with Crippen molar-refractivity contribution in [1.82, 2.24) is 5.43 Å². The Morgan fingerprint density at radius 2 is 2.17 bits per heavy atom. The van der Waals surface area contributed by atoms with E-state index >= 15 is 0 Å². The first kappa shape index (κ1) is 10.0. The molecular formula is C10H22N2. The fourth-order valence-electron chi connectivity index (χ4n) is 1.64. The molecule has 12 heavy (non-hydrogen) atoms. The van der Waals surface area contributed by atoms with Crippen LogP contribution in [0.4, 0.5) is 0 Å². The first-order valence-corrected chi connectivity index (χ1v) is 5.22. The Labute approximate surface area is 75.9 Å². The molecule has 1 aliphatic rings. The van der Waals surface area contributed by atoms with Crippen LogP contribution in [0.1, 0.15) is 46.0 Å². The molecule has 72 valence electrons. The normalized spacial score (nSPS) is 22.2. The molecule has 0 amide bonds. The first-order valence-electron chi connectivity index (χ1n) is 5.22. The molecule has 0 aliphatic heterocycles. The summed E-state index contributed by atoms with van der Waals surface area (Å²) >= 11 is 0. The number of hydrazine groups is 1. The first-order chi connectivity index (χ1) is 5.76. The van der Waals surface area contributed by atoms with Crippen LogP contribution in [-0.4, -0.2) is 6.04 Å². The van der Waals surface area contributed by atoms with E-state index in [0.717, 1.165) is 11.8 Å². The van der Waals surface area contributed by atoms with E-state index in [2.05, 4.69) is 19.3 Å². The van der Waals surface area contributed by atoms with Crippen molar-refractivity contribution in [2.45, 2.75) is 52.0 Å². The Bertz CT molecular complexity index is 121. The van der Waals surface area contributed by atoms with Gasteiger partial charge in [0.1, 0.15) is 0 Å². The second-order valence-corrected chi connectivity index (χ2v) is 4.29. The Hall–Kier alpha value is -0.0800. The van der Waals surface area contributed by atoms with Gasteiger partial charge in [-0.1, -0.05) is 33.1 Å². The van der Waals surface area contributed by atoms with E-state index in [-0.39, 0.29) is 0 Å². The quantitative estimate of drug-likeness (QED) is 0.473. The van der Waals surface area contributed by atoms with Gasteiger partial charge in [0.25, 0.3) is 0 Å². The van der Waals surface area contributed by atoms with E-state index in [1.54, 1.807) is 0 Å². The molecule has 0 spiro atoms. The zero-order chi connectivity index (χ0) is 8.97. The topological polar surface area (TPSA) is 38.0 Å². The van der Waals surface area contributed by atoms with Crippen molar-refractivity contribution in [3.05, 3.63) is 0 Å².